The molecule has 2 heterocycles. The molecule has 5 nitrogen and oxygen atoms in total. The highest BCUT2D eigenvalue weighted by atomic mass is 35.5. The van der Waals surface area contributed by atoms with E-state index in [9.17, 15) is 9.59 Å². The van der Waals surface area contributed by atoms with Crippen molar-refractivity contribution in [2.24, 2.45) is 5.92 Å². The molecule has 2 aliphatic heterocycles. The summed E-state index contributed by atoms with van der Waals surface area (Å²) in [6.45, 7) is 2.56. The van der Waals surface area contributed by atoms with Crippen molar-refractivity contribution >= 4 is 23.4 Å². The Bertz CT molecular complexity index is 909. The molecule has 6 heteroatoms. The fourth-order valence-electron chi connectivity index (χ4n) is 4.55. The minimum Gasteiger partial charge on any atom is -0.497 e. The number of benzene rings is 2. The topological polar surface area (TPSA) is 49.9 Å². The van der Waals surface area contributed by atoms with E-state index in [0.29, 0.717) is 23.7 Å². The Hall–Kier alpha value is -2.53. The maximum atomic E-state index is 13.4. The van der Waals surface area contributed by atoms with Gasteiger partial charge >= 0.3 is 0 Å². The molecule has 0 radical (unpaired) electrons. The first-order chi connectivity index (χ1) is 14.6. The smallest absolute Gasteiger partial charge is 0.253 e. The predicted octanol–water partition coefficient (Wildman–Crippen LogP) is 4.22. The molecule has 2 aromatic rings. The molecule has 2 aliphatic rings. The van der Waals surface area contributed by atoms with Crippen molar-refractivity contribution in [2.45, 2.75) is 25.2 Å². The summed E-state index contributed by atoms with van der Waals surface area (Å²) in [7, 11) is 1.64. The number of ether oxygens (including phenoxy) is 1. The maximum absolute atomic E-state index is 13.4. The first-order valence-electron chi connectivity index (χ1n) is 10.5. The molecule has 2 atom stereocenters. The van der Waals surface area contributed by atoms with Gasteiger partial charge in [0.25, 0.3) is 5.91 Å². The number of halogens is 1. The van der Waals surface area contributed by atoms with Gasteiger partial charge in [0.05, 0.1) is 13.0 Å². The number of piperidine rings is 1. The van der Waals surface area contributed by atoms with Crippen molar-refractivity contribution in [3.8, 4) is 5.75 Å². The van der Waals surface area contributed by atoms with Gasteiger partial charge in [-0.3, -0.25) is 9.59 Å². The van der Waals surface area contributed by atoms with Crippen LogP contribution < -0.4 is 4.74 Å². The van der Waals surface area contributed by atoms with Crippen molar-refractivity contribution in [1.29, 1.82) is 0 Å². The molecular weight excluding hydrogens is 400 g/mol. The van der Waals surface area contributed by atoms with Crippen molar-refractivity contribution in [1.82, 2.24) is 9.80 Å². The summed E-state index contributed by atoms with van der Waals surface area (Å²) in [5, 5.41) is 0.598. The second kappa shape index (κ2) is 9.09. The summed E-state index contributed by atoms with van der Waals surface area (Å²) >= 11 is 5.97. The van der Waals surface area contributed by atoms with Gasteiger partial charge < -0.3 is 14.5 Å². The van der Waals surface area contributed by atoms with Crippen LogP contribution in [0.25, 0.3) is 0 Å². The summed E-state index contributed by atoms with van der Waals surface area (Å²) < 4.78 is 5.39. The number of carbonyl (C=O) groups is 2. The predicted molar refractivity (Wildman–Crippen MR) is 117 cm³/mol. The summed E-state index contributed by atoms with van der Waals surface area (Å²) in [5.74, 6) is 0.568. The van der Waals surface area contributed by atoms with E-state index in [1.54, 1.807) is 36.3 Å². The zero-order valence-corrected chi connectivity index (χ0v) is 18.0. The molecule has 0 N–H and O–H groups in total. The molecule has 0 aromatic heterocycles. The average Bonchev–Trinajstić information content (AvgIpc) is 3.25. The van der Waals surface area contributed by atoms with Crippen LogP contribution in [0.2, 0.25) is 5.02 Å². The minimum absolute atomic E-state index is 0.0502. The Balaban J connectivity index is 1.61. The molecule has 0 bridgehead atoms. The van der Waals surface area contributed by atoms with Crippen molar-refractivity contribution in [2.75, 3.05) is 33.3 Å². The number of carbonyl (C=O) groups excluding carboxylic acids is 2. The van der Waals surface area contributed by atoms with E-state index in [1.807, 2.05) is 29.2 Å². The molecule has 0 saturated carbocycles. The van der Waals surface area contributed by atoms with Gasteiger partial charge in [-0.05, 0) is 61.2 Å². The van der Waals surface area contributed by atoms with Gasteiger partial charge in [0.1, 0.15) is 5.75 Å². The van der Waals surface area contributed by atoms with E-state index in [0.717, 1.165) is 37.2 Å². The lowest BCUT2D eigenvalue weighted by atomic mass is 9.87. The fourth-order valence-corrected chi connectivity index (χ4v) is 4.68. The van der Waals surface area contributed by atoms with Gasteiger partial charge in [-0.15, -0.1) is 0 Å². The van der Waals surface area contributed by atoms with Crippen LogP contribution in [0, 0.1) is 5.92 Å². The van der Waals surface area contributed by atoms with E-state index in [1.165, 1.54) is 6.42 Å². The Morgan fingerprint density at radius 2 is 1.70 bits per heavy atom. The standard InChI is InChI=1S/C24H27ClN2O3/c1-30-20-7-5-6-18(14-20)21-15-27(23(28)17-8-10-19(25)11-9-17)16-22(21)24(29)26-12-3-2-4-13-26/h5-11,14,21-22H,2-4,12-13,15-16H2,1H3/t21-,22+/m0/s1. The van der Waals surface area contributed by atoms with Crippen LogP contribution in [-0.4, -0.2) is 54.9 Å². The minimum atomic E-state index is -0.244. The molecule has 4 rings (SSSR count). The van der Waals surface area contributed by atoms with E-state index < -0.39 is 0 Å². The Morgan fingerprint density at radius 3 is 2.40 bits per heavy atom. The van der Waals surface area contributed by atoms with Crippen molar-refractivity contribution in [3.63, 3.8) is 0 Å². The highest BCUT2D eigenvalue weighted by molar-refractivity contribution is 6.30. The SMILES string of the molecule is COc1cccc([C@@H]2CN(C(=O)c3ccc(Cl)cc3)C[C@H]2C(=O)N2CCCCC2)c1. The number of likely N-dealkylation sites (tertiary alicyclic amines) is 2. The van der Waals surface area contributed by atoms with Crippen LogP contribution in [0.3, 0.4) is 0 Å². The number of methoxy groups -OCH3 is 1. The van der Waals surface area contributed by atoms with Gasteiger partial charge in [-0.1, -0.05) is 23.7 Å². The molecule has 2 saturated heterocycles. The Kier molecular flexibility index (Phi) is 6.28. The second-order valence-corrected chi connectivity index (χ2v) is 8.53. The van der Waals surface area contributed by atoms with Gasteiger partial charge in [-0.25, -0.2) is 0 Å². The van der Waals surface area contributed by atoms with Crippen molar-refractivity contribution in [3.05, 3.63) is 64.7 Å². The van der Waals surface area contributed by atoms with Gasteiger partial charge in [-0.2, -0.15) is 0 Å². The fraction of sp³-hybridized carbons (Fsp3) is 0.417. The molecular formula is C24H27ClN2O3. The Labute approximate surface area is 182 Å². The third kappa shape index (κ3) is 4.31. The van der Waals surface area contributed by atoms with Crippen LogP contribution in [0.5, 0.6) is 5.75 Å². The third-order valence-electron chi connectivity index (χ3n) is 6.21. The van der Waals surface area contributed by atoms with Crippen molar-refractivity contribution < 1.29 is 14.3 Å². The summed E-state index contributed by atoms with van der Waals surface area (Å²) in [5.41, 5.74) is 1.63. The summed E-state index contributed by atoms with van der Waals surface area (Å²) in [4.78, 5) is 30.4. The Morgan fingerprint density at radius 1 is 0.967 bits per heavy atom. The molecule has 2 amide bonds. The van der Waals surface area contributed by atoms with Crippen LogP contribution in [0.1, 0.15) is 41.1 Å². The first-order valence-corrected chi connectivity index (χ1v) is 10.9. The summed E-state index contributed by atoms with van der Waals surface area (Å²) in [6, 6.07) is 14.8. The van der Waals surface area contributed by atoms with E-state index in [4.69, 9.17) is 16.3 Å². The first kappa shape index (κ1) is 20.7. The monoisotopic (exact) mass is 426 g/mol. The van der Waals surface area contributed by atoms with Gasteiger partial charge in [0.15, 0.2) is 0 Å². The van der Waals surface area contributed by atoms with Gasteiger partial charge in [0.2, 0.25) is 5.91 Å². The molecule has 158 valence electrons. The molecule has 0 spiro atoms. The van der Waals surface area contributed by atoms with Crippen LogP contribution in [-0.2, 0) is 4.79 Å². The third-order valence-corrected chi connectivity index (χ3v) is 6.46. The highest BCUT2D eigenvalue weighted by Crippen LogP contribution is 2.36. The largest absolute Gasteiger partial charge is 0.497 e. The summed E-state index contributed by atoms with van der Waals surface area (Å²) in [6.07, 6.45) is 3.28. The number of hydrogen-bond donors (Lipinski definition) is 0. The molecule has 30 heavy (non-hydrogen) atoms. The van der Waals surface area contributed by atoms with E-state index >= 15 is 0 Å². The van der Waals surface area contributed by atoms with E-state index in [-0.39, 0.29) is 23.7 Å². The number of nitrogens with zero attached hydrogens (tertiary/aromatic N) is 2. The normalized spacial score (nSPS) is 21.5. The van der Waals surface area contributed by atoms with Crippen LogP contribution in [0.4, 0.5) is 0 Å². The average molecular weight is 427 g/mol. The van der Waals surface area contributed by atoms with Gasteiger partial charge in [0, 0.05) is 42.7 Å². The second-order valence-electron chi connectivity index (χ2n) is 8.09. The number of hydrogen-bond acceptors (Lipinski definition) is 3. The number of amides is 2. The quantitative estimate of drug-likeness (QED) is 0.735. The lowest BCUT2D eigenvalue weighted by molar-refractivity contribution is -0.136. The lowest BCUT2D eigenvalue weighted by Gasteiger charge is -2.31. The lowest BCUT2D eigenvalue weighted by Crippen LogP contribution is -2.42. The highest BCUT2D eigenvalue weighted by Gasteiger charge is 2.42. The number of rotatable bonds is 4. The molecule has 0 aliphatic carbocycles. The zero-order valence-electron chi connectivity index (χ0n) is 17.2. The molecule has 0 unspecified atom stereocenters. The van der Waals surface area contributed by atoms with Crippen LogP contribution >= 0.6 is 11.6 Å². The molecule has 2 aromatic carbocycles. The maximum Gasteiger partial charge on any atom is 0.253 e. The van der Waals surface area contributed by atoms with E-state index in [2.05, 4.69) is 0 Å². The van der Waals surface area contributed by atoms with Crippen LogP contribution in [0.15, 0.2) is 48.5 Å². The zero-order chi connectivity index (χ0) is 21.1. The molecule has 2 fully saturated rings.